The maximum absolute atomic E-state index is 13.6. The predicted octanol–water partition coefficient (Wildman–Crippen LogP) is 1.13. The van der Waals surface area contributed by atoms with E-state index in [2.05, 4.69) is 4.98 Å². The number of carbonyl (C=O) groups is 1. The van der Waals surface area contributed by atoms with Crippen molar-refractivity contribution in [2.75, 3.05) is 5.73 Å². The SMILES string of the molecule is NNC(=O)c1nc(N)sc1-c1ccccc1F. The van der Waals surface area contributed by atoms with Gasteiger partial charge in [0.05, 0.1) is 4.88 Å². The van der Waals surface area contributed by atoms with Gasteiger partial charge in [-0.05, 0) is 6.07 Å². The van der Waals surface area contributed by atoms with Crippen LogP contribution in [0.1, 0.15) is 10.5 Å². The minimum atomic E-state index is -0.601. The highest BCUT2D eigenvalue weighted by atomic mass is 32.1. The molecule has 0 aliphatic carbocycles. The maximum Gasteiger partial charge on any atom is 0.285 e. The average Bonchev–Trinajstić information content (AvgIpc) is 2.71. The monoisotopic (exact) mass is 252 g/mol. The van der Waals surface area contributed by atoms with E-state index in [4.69, 9.17) is 11.6 Å². The number of amides is 1. The first-order valence-corrected chi connectivity index (χ1v) is 5.47. The highest BCUT2D eigenvalue weighted by Gasteiger charge is 2.19. The number of anilines is 1. The van der Waals surface area contributed by atoms with Crippen LogP contribution in [0.25, 0.3) is 10.4 Å². The van der Waals surface area contributed by atoms with Crippen molar-refractivity contribution in [3.8, 4) is 10.4 Å². The quantitative estimate of drug-likeness (QED) is 0.424. The topological polar surface area (TPSA) is 94.0 Å². The first kappa shape index (κ1) is 11.5. The van der Waals surface area contributed by atoms with Crippen molar-refractivity contribution >= 4 is 22.4 Å². The van der Waals surface area contributed by atoms with Gasteiger partial charge in [-0.2, -0.15) is 0 Å². The second-order valence-corrected chi connectivity index (χ2v) is 4.21. The summed E-state index contributed by atoms with van der Waals surface area (Å²) in [6.45, 7) is 0. The van der Waals surface area contributed by atoms with Crippen molar-refractivity contribution in [3.05, 3.63) is 35.8 Å². The van der Waals surface area contributed by atoms with Gasteiger partial charge in [0.2, 0.25) is 0 Å². The number of rotatable bonds is 2. The van der Waals surface area contributed by atoms with Gasteiger partial charge >= 0.3 is 0 Å². The van der Waals surface area contributed by atoms with Gasteiger partial charge in [-0.25, -0.2) is 15.2 Å². The number of hydrazine groups is 1. The molecule has 5 nitrogen and oxygen atoms in total. The molecule has 7 heteroatoms. The number of aromatic nitrogens is 1. The van der Waals surface area contributed by atoms with Crippen molar-refractivity contribution in [2.45, 2.75) is 0 Å². The van der Waals surface area contributed by atoms with Crippen LogP contribution in [0.3, 0.4) is 0 Å². The van der Waals surface area contributed by atoms with Gasteiger partial charge in [0.15, 0.2) is 10.8 Å². The molecule has 1 heterocycles. The second-order valence-electron chi connectivity index (χ2n) is 3.18. The maximum atomic E-state index is 13.6. The van der Waals surface area contributed by atoms with Crippen LogP contribution >= 0.6 is 11.3 Å². The van der Waals surface area contributed by atoms with Crippen molar-refractivity contribution in [2.24, 2.45) is 5.84 Å². The lowest BCUT2D eigenvalue weighted by Gasteiger charge is -2.02. The molecule has 0 saturated heterocycles. The molecular weight excluding hydrogens is 243 g/mol. The molecule has 0 fully saturated rings. The predicted molar refractivity (Wildman–Crippen MR) is 63.6 cm³/mol. The molecule has 1 aromatic carbocycles. The van der Waals surface area contributed by atoms with Crippen LogP contribution in [0, 0.1) is 5.82 Å². The molecular formula is C10H9FN4OS. The van der Waals surface area contributed by atoms with Gasteiger partial charge in [0.1, 0.15) is 5.82 Å². The van der Waals surface area contributed by atoms with Crippen LogP contribution < -0.4 is 17.0 Å². The Bertz CT molecular complexity index is 569. The summed E-state index contributed by atoms with van der Waals surface area (Å²) in [4.78, 5) is 15.7. The van der Waals surface area contributed by atoms with E-state index in [1.807, 2.05) is 5.43 Å². The third-order valence-electron chi connectivity index (χ3n) is 2.11. The van der Waals surface area contributed by atoms with E-state index in [0.717, 1.165) is 11.3 Å². The number of nitrogens with one attached hydrogen (secondary N) is 1. The van der Waals surface area contributed by atoms with Gasteiger partial charge < -0.3 is 5.73 Å². The molecule has 0 aliphatic rings. The van der Waals surface area contributed by atoms with Crippen LogP contribution in [0.15, 0.2) is 24.3 Å². The number of thiazole rings is 1. The molecule has 1 aromatic heterocycles. The lowest BCUT2D eigenvalue weighted by atomic mass is 10.1. The Morgan fingerprint density at radius 2 is 2.12 bits per heavy atom. The Morgan fingerprint density at radius 3 is 2.76 bits per heavy atom. The molecule has 0 unspecified atom stereocenters. The van der Waals surface area contributed by atoms with Crippen LogP contribution in [0.5, 0.6) is 0 Å². The van der Waals surface area contributed by atoms with E-state index in [1.54, 1.807) is 18.2 Å². The van der Waals surface area contributed by atoms with Crippen LogP contribution in [-0.2, 0) is 0 Å². The van der Waals surface area contributed by atoms with Crippen LogP contribution in [-0.4, -0.2) is 10.9 Å². The second kappa shape index (κ2) is 4.48. The van der Waals surface area contributed by atoms with E-state index in [0.29, 0.717) is 4.88 Å². The first-order chi connectivity index (χ1) is 8.13. The number of hydrogen-bond acceptors (Lipinski definition) is 5. The fourth-order valence-electron chi connectivity index (χ4n) is 1.39. The number of halogens is 1. The zero-order chi connectivity index (χ0) is 12.4. The molecule has 0 spiro atoms. The number of hydrogen-bond donors (Lipinski definition) is 3. The third kappa shape index (κ3) is 2.10. The molecule has 2 rings (SSSR count). The van der Waals surface area contributed by atoms with Crippen molar-refractivity contribution < 1.29 is 9.18 Å². The van der Waals surface area contributed by atoms with Gasteiger partial charge in [-0.1, -0.05) is 29.5 Å². The number of nitrogen functional groups attached to an aromatic ring is 2. The van der Waals surface area contributed by atoms with Crippen LogP contribution in [0.2, 0.25) is 0 Å². The number of benzene rings is 1. The fraction of sp³-hybridized carbons (Fsp3) is 0. The molecule has 2 aromatic rings. The van der Waals surface area contributed by atoms with Gasteiger partial charge in [-0.3, -0.25) is 10.2 Å². The smallest absolute Gasteiger partial charge is 0.285 e. The summed E-state index contributed by atoms with van der Waals surface area (Å²) in [5.41, 5.74) is 7.78. The fourth-order valence-corrected chi connectivity index (χ4v) is 2.24. The molecule has 0 aliphatic heterocycles. The largest absolute Gasteiger partial charge is 0.375 e. The van der Waals surface area contributed by atoms with E-state index in [9.17, 15) is 9.18 Å². The zero-order valence-electron chi connectivity index (χ0n) is 8.61. The lowest BCUT2D eigenvalue weighted by Crippen LogP contribution is -2.30. The first-order valence-electron chi connectivity index (χ1n) is 4.65. The van der Waals surface area contributed by atoms with E-state index in [1.165, 1.54) is 6.07 Å². The summed E-state index contributed by atoms with van der Waals surface area (Å²) in [6.07, 6.45) is 0. The van der Waals surface area contributed by atoms with E-state index >= 15 is 0 Å². The summed E-state index contributed by atoms with van der Waals surface area (Å²) >= 11 is 1.04. The Kier molecular flexibility index (Phi) is 3.03. The number of nitrogens with zero attached hydrogens (tertiary/aromatic N) is 1. The summed E-state index contributed by atoms with van der Waals surface area (Å²) < 4.78 is 13.6. The Balaban J connectivity index is 2.60. The molecule has 17 heavy (non-hydrogen) atoms. The summed E-state index contributed by atoms with van der Waals surface area (Å²) in [6, 6.07) is 6.08. The molecule has 0 radical (unpaired) electrons. The van der Waals surface area contributed by atoms with E-state index in [-0.39, 0.29) is 16.4 Å². The van der Waals surface area contributed by atoms with Gasteiger partial charge in [0.25, 0.3) is 5.91 Å². The molecule has 1 amide bonds. The van der Waals surface area contributed by atoms with E-state index < -0.39 is 11.7 Å². The molecule has 5 N–H and O–H groups in total. The summed E-state index contributed by atoms with van der Waals surface area (Å²) in [7, 11) is 0. The summed E-state index contributed by atoms with van der Waals surface area (Å²) in [5.74, 6) is 3.99. The Labute approximate surface area is 100 Å². The standard InChI is InChI=1S/C10H9FN4OS/c11-6-4-2-1-3-5(6)8-7(9(16)15-13)14-10(12)17-8/h1-4H,13H2,(H2,12,14)(H,15,16). The molecule has 0 atom stereocenters. The normalized spacial score (nSPS) is 10.2. The summed E-state index contributed by atoms with van der Waals surface area (Å²) in [5, 5.41) is 0.182. The minimum absolute atomic E-state index is 0.0279. The third-order valence-corrected chi connectivity index (χ3v) is 3.03. The molecule has 88 valence electrons. The molecule has 0 bridgehead atoms. The number of carbonyl (C=O) groups excluding carboxylic acids is 1. The highest BCUT2D eigenvalue weighted by molar-refractivity contribution is 7.19. The average molecular weight is 252 g/mol. The number of nitrogens with two attached hydrogens (primary N) is 2. The van der Waals surface area contributed by atoms with Crippen molar-refractivity contribution in [1.82, 2.24) is 10.4 Å². The van der Waals surface area contributed by atoms with Crippen molar-refractivity contribution in [3.63, 3.8) is 0 Å². The highest BCUT2D eigenvalue weighted by Crippen LogP contribution is 2.33. The van der Waals surface area contributed by atoms with Gasteiger partial charge in [0, 0.05) is 5.56 Å². The lowest BCUT2D eigenvalue weighted by molar-refractivity contribution is 0.0950. The van der Waals surface area contributed by atoms with Gasteiger partial charge in [-0.15, -0.1) is 0 Å². The van der Waals surface area contributed by atoms with Crippen LogP contribution in [0.4, 0.5) is 9.52 Å². The zero-order valence-corrected chi connectivity index (χ0v) is 9.42. The minimum Gasteiger partial charge on any atom is -0.375 e. The Morgan fingerprint density at radius 1 is 1.41 bits per heavy atom. The van der Waals surface area contributed by atoms with Crippen molar-refractivity contribution in [1.29, 1.82) is 0 Å². The Hall–Kier alpha value is -1.99. The molecule has 0 saturated carbocycles.